The molecular weight excluding hydrogens is 222 g/mol. The van der Waals surface area contributed by atoms with Crippen LogP contribution in [0.3, 0.4) is 0 Å². The minimum Gasteiger partial charge on any atom is -0.508 e. The summed E-state index contributed by atoms with van der Waals surface area (Å²) in [4.78, 5) is 16.9. The van der Waals surface area contributed by atoms with Crippen molar-refractivity contribution in [3.05, 3.63) is 23.8 Å². The Kier molecular flexibility index (Phi) is 3.49. The summed E-state index contributed by atoms with van der Waals surface area (Å²) < 4.78 is 0. The highest BCUT2D eigenvalue weighted by atomic mass is 16.7. The second kappa shape index (κ2) is 5.05. The van der Waals surface area contributed by atoms with Gasteiger partial charge in [0.25, 0.3) is 5.91 Å². The maximum atomic E-state index is 11.7. The van der Waals surface area contributed by atoms with Gasteiger partial charge in [0.2, 0.25) is 0 Å². The van der Waals surface area contributed by atoms with Gasteiger partial charge in [0.1, 0.15) is 11.5 Å². The van der Waals surface area contributed by atoms with Gasteiger partial charge in [0.15, 0.2) is 0 Å². The van der Waals surface area contributed by atoms with Crippen LogP contribution in [0.1, 0.15) is 36.0 Å². The van der Waals surface area contributed by atoms with Crippen molar-refractivity contribution in [1.82, 2.24) is 5.48 Å². The Hall–Kier alpha value is -1.75. The maximum Gasteiger partial charge on any atom is 0.278 e. The molecule has 1 aromatic rings. The Morgan fingerprint density at radius 3 is 2.71 bits per heavy atom. The number of nitrogens with one attached hydrogen (secondary N) is 1. The zero-order chi connectivity index (χ0) is 12.3. The lowest BCUT2D eigenvalue weighted by Gasteiger charge is -2.12. The monoisotopic (exact) mass is 237 g/mol. The molecule has 1 aromatic carbocycles. The predicted octanol–water partition coefficient (Wildman–Crippen LogP) is 1.70. The van der Waals surface area contributed by atoms with E-state index in [0.29, 0.717) is 0 Å². The van der Waals surface area contributed by atoms with Crippen LogP contribution in [-0.4, -0.2) is 22.2 Å². The number of hydroxylamine groups is 1. The SMILES string of the molecule is O=C(NOC1CCCC1)c1cc(O)ccc1O. The molecule has 5 nitrogen and oxygen atoms in total. The van der Waals surface area contributed by atoms with E-state index in [1.807, 2.05) is 0 Å². The van der Waals surface area contributed by atoms with Crippen LogP contribution in [0.15, 0.2) is 18.2 Å². The van der Waals surface area contributed by atoms with Gasteiger partial charge in [-0.15, -0.1) is 0 Å². The number of hydrogen-bond acceptors (Lipinski definition) is 4. The van der Waals surface area contributed by atoms with Crippen molar-refractivity contribution in [2.75, 3.05) is 0 Å². The molecule has 0 radical (unpaired) electrons. The number of rotatable bonds is 3. The van der Waals surface area contributed by atoms with E-state index in [1.165, 1.54) is 18.2 Å². The Morgan fingerprint density at radius 2 is 2.00 bits per heavy atom. The molecule has 0 heterocycles. The smallest absolute Gasteiger partial charge is 0.278 e. The highest BCUT2D eigenvalue weighted by molar-refractivity contribution is 5.96. The average molecular weight is 237 g/mol. The number of carbonyl (C=O) groups is 1. The van der Waals surface area contributed by atoms with Gasteiger partial charge in [-0.2, -0.15) is 0 Å². The van der Waals surface area contributed by atoms with Crippen LogP contribution in [0.5, 0.6) is 11.5 Å². The summed E-state index contributed by atoms with van der Waals surface area (Å²) in [5.74, 6) is -0.811. The Balaban J connectivity index is 1.96. The molecule has 5 heteroatoms. The first-order valence-electron chi connectivity index (χ1n) is 5.65. The number of benzene rings is 1. The van der Waals surface area contributed by atoms with E-state index >= 15 is 0 Å². The molecule has 0 aromatic heterocycles. The summed E-state index contributed by atoms with van der Waals surface area (Å²) >= 11 is 0. The zero-order valence-corrected chi connectivity index (χ0v) is 9.35. The average Bonchev–Trinajstić information content (AvgIpc) is 2.82. The molecule has 0 saturated heterocycles. The molecule has 0 aliphatic heterocycles. The fourth-order valence-electron chi connectivity index (χ4n) is 1.90. The Bertz CT molecular complexity index is 413. The van der Waals surface area contributed by atoms with Crippen LogP contribution in [0.25, 0.3) is 0 Å². The number of phenols is 2. The summed E-state index contributed by atoms with van der Waals surface area (Å²) in [5.41, 5.74) is 2.30. The van der Waals surface area contributed by atoms with Gasteiger partial charge < -0.3 is 10.2 Å². The first kappa shape index (κ1) is 11.7. The molecule has 17 heavy (non-hydrogen) atoms. The first-order valence-corrected chi connectivity index (χ1v) is 5.65. The third-order valence-corrected chi connectivity index (χ3v) is 2.85. The number of carbonyl (C=O) groups excluding carboxylic acids is 1. The van der Waals surface area contributed by atoms with Crippen molar-refractivity contribution in [3.8, 4) is 11.5 Å². The Labute approximate surface area is 99.0 Å². The van der Waals surface area contributed by atoms with Crippen LogP contribution in [-0.2, 0) is 4.84 Å². The fourth-order valence-corrected chi connectivity index (χ4v) is 1.90. The largest absolute Gasteiger partial charge is 0.508 e. The van der Waals surface area contributed by atoms with Gasteiger partial charge in [0.05, 0.1) is 11.7 Å². The highest BCUT2D eigenvalue weighted by Gasteiger charge is 2.18. The lowest BCUT2D eigenvalue weighted by Crippen LogP contribution is -2.28. The minimum atomic E-state index is -0.551. The number of hydrogen-bond donors (Lipinski definition) is 3. The van der Waals surface area contributed by atoms with Gasteiger partial charge >= 0.3 is 0 Å². The molecular formula is C12H15NO4. The van der Waals surface area contributed by atoms with Crippen LogP contribution >= 0.6 is 0 Å². The zero-order valence-electron chi connectivity index (χ0n) is 9.35. The molecule has 3 N–H and O–H groups in total. The molecule has 1 aliphatic rings. The third-order valence-electron chi connectivity index (χ3n) is 2.85. The number of amides is 1. The third kappa shape index (κ3) is 2.88. The summed E-state index contributed by atoms with van der Waals surface area (Å²) in [7, 11) is 0. The molecule has 92 valence electrons. The van der Waals surface area contributed by atoms with Gasteiger partial charge in [-0.1, -0.05) is 12.8 Å². The van der Waals surface area contributed by atoms with Crippen molar-refractivity contribution in [1.29, 1.82) is 0 Å². The van der Waals surface area contributed by atoms with E-state index in [0.717, 1.165) is 25.7 Å². The Morgan fingerprint density at radius 1 is 1.29 bits per heavy atom. The number of phenolic OH excluding ortho intramolecular Hbond substituents is 2. The molecule has 0 unspecified atom stereocenters. The maximum absolute atomic E-state index is 11.7. The fraction of sp³-hybridized carbons (Fsp3) is 0.417. The lowest BCUT2D eigenvalue weighted by atomic mass is 10.2. The van der Waals surface area contributed by atoms with Crippen LogP contribution < -0.4 is 5.48 Å². The van der Waals surface area contributed by atoms with E-state index in [-0.39, 0.29) is 23.2 Å². The quantitative estimate of drug-likeness (QED) is 0.552. The molecule has 1 saturated carbocycles. The predicted molar refractivity (Wildman–Crippen MR) is 60.6 cm³/mol. The van der Waals surface area contributed by atoms with Crippen molar-refractivity contribution >= 4 is 5.91 Å². The molecule has 1 amide bonds. The van der Waals surface area contributed by atoms with E-state index in [9.17, 15) is 15.0 Å². The molecule has 1 aliphatic carbocycles. The summed E-state index contributed by atoms with van der Waals surface area (Å²) in [6.07, 6.45) is 4.15. The van der Waals surface area contributed by atoms with Crippen LogP contribution in [0.4, 0.5) is 0 Å². The minimum absolute atomic E-state index is 0.00277. The van der Waals surface area contributed by atoms with E-state index in [2.05, 4.69) is 5.48 Å². The number of aromatic hydroxyl groups is 2. The van der Waals surface area contributed by atoms with E-state index in [4.69, 9.17) is 4.84 Å². The standard InChI is InChI=1S/C12H15NO4/c14-8-5-6-11(15)10(7-8)12(16)13-17-9-3-1-2-4-9/h5-7,9,14-15H,1-4H2,(H,13,16). The van der Waals surface area contributed by atoms with Gasteiger partial charge in [-0.3, -0.25) is 9.63 Å². The van der Waals surface area contributed by atoms with Crippen molar-refractivity contribution in [2.45, 2.75) is 31.8 Å². The van der Waals surface area contributed by atoms with Crippen LogP contribution in [0, 0.1) is 0 Å². The molecule has 0 bridgehead atoms. The topological polar surface area (TPSA) is 78.8 Å². The normalized spacial score (nSPS) is 16.0. The summed E-state index contributed by atoms with van der Waals surface area (Å²) in [6.45, 7) is 0. The second-order valence-electron chi connectivity index (χ2n) is 4.16. The van der Waals surface area contributed by atoms with Crippen LogP contribution in [0.2, 0.25) is 0 Å². The van der Waals surface area contributed by atoms with Crippen molar-refractivity contribution < 1.29 is 19.8 Å². The molecule has 0 spiro atoms. The summed E-state index contributed by atoms with van der Waals surface area (Å²) in [6, 6.07) is 3.77. The molecule has 1 fully saturated rings. The van der Waals surface area contributed by atoms with E-state index < -0.39 is 5.91 Å². The summed E-state index contributed by atoms with van der Waals surface area (Å²) in [5, 5.41) is 18.7. The second-order valence-corrected chi connectivity index (χ2v) is 4.16. The first-order chi connectivity index (χ1) is 8.16. The molecule has 2 rings (SSSR count). The van der Waals surface area contributed by atoms with Gasteiger partial charge in [-0.05, 0) is 31.0 Å². The lowest BCUT2D eigenvalue weighted by molar-refractivity contribution is -0.0126. The van der Waals surface area contributed by atoms with Crippen molar-refractivity contribution in [2.24, 2.45) is 0 Å². The molecule has 0 atom stereocenters. The van der Waals surface area contributed by atoms with Gasteiger partial charge in [0, 0.05) is 0 Å². The highest BCUT2D eigenvalue weighted by Crippen LogP contribution is 2.23. The van der Waals surface area contributed by atoms with E-state index in [1.54, 1.807) is 0 Å². The van der Waals surface area contributed by atoms with Crippen molar-refractivity contribution in [3.63, 3.8) is 0 Å². The van der Waals surface area contributed by atoms with Gasteiger partial charge in [-0.25, -0.2) is 5.48 Å².